The van der Waals surface area contributed by atoms with Crippen molar-refractivity contribution in [2.75, 3.05) is 10.6 Å². The summed E-state index contributed by atoms with van der Waals surface area (Å²) in [5, 5.41) is 15.1. The SMILES string of the molecule is O=C(Nc1cccc(O)c1)c1ccnc(Nc2ccncc2)n1. The zero-order chi connectivity index (χ0) is 16.1. The topological polar surface area (TPSA) is 100 Å². The van der Waals surface area contributed by atoms with Crippen molar-refractivity contribution in [2.24, 2.45) is 0 Å². The van der Waals surface area contributed by atoms with Gasteiger partial charge in [0.2, 0.25) is 5.95 Å². The number of phenolic OH excluding ortho intramolecular Hbond substituents is 1. The van der Waals surface area contributed by atoms with Gasteiger partial charge in [0.25, 0.3) is 5.91 Å². The van der Waals surface area contributed by atoms with Crippen molar-refractivity contribution >= 4 is 23.2 Å². The minimum Gasteiger partial charge on any atom is -0.508 e. The number of amides is 1. The highest BCUT2D eigenvalue weighted by molar-refractivity contribution is 6.03. The van der Waals surface area contributed by atoms with Crippen LogP contribution in [0.3, 0.4) is 0 Å². The lowest BCUT2D eigenvalue weighted by Gasteiger charge is -2.07. The molecule has 0 fully saturated rings. The van der Waals surface area contributed by atoms with Gasteiger partial charge in [-0.25, -0.2) is 9.97 Å². The van der Waals surface area contributed by atoms with E-state index in [4.69, 9.17) is 0 Å². The van der Waals surface area contributed by atoms with Crippen molar-refractivity contribution in [2.45, 2.75) is 0 Å². The van der Waals surface area contributed by atoms with Crippen LogP contribution in [0.2, 0.25) is 0 Å². The highest BCUT2D eigenvalue weighted by atomic mass is 16.3. The van der Waals surface area contributed by atoms with Crippen LogP contribution >= 0.6 is 0 Å². The fraction of sp³-hybridized carbons (Fsp3) is 0. The van der Waals surface area contributed by atoms with Gasteiger partial charge in [-0.05, 0) is 30.3 Å². The Bertz CT molecular complexity index is 823. The molecule has 1 amide bonds. The van der Waals surface area contributed by atoms with Crippen LogP contribution in [0.25, 0.3) is 0 Å². The molecule has 0 aliphatic rings. The molecular weight excluding hydrogens is 294 g/mol. The van der Waals surface area contributed by atoms with Gasteiger partial charge in [-0.15, -0.1) is 0 Å². The van der Waals surface area contributed by atoms with Crippen LogP contribution in [0.15, 0.2) is 61.1 Å². The number of benzene rings is 1. The number of aromatic nitrogens is 3. The smallest absolute Gasteiger partial charge is 0.274 e. The molecule has 2 aromatic heterocycles. The highest BCUT2D eigenvalue weighted by Gasteiger charge is 2.09. The first-order chi connectivity index (χ1) is 11.2. The highest BCUT2D eigenvalue weighted by Crippen LogP contribution is 2.16. The third-order valence-electron chi connectivity index (χ3n) is 2.93. The van der Waals surface area contributed by atoms with Gasteiger partial charge in [0.15, 0.2) is 0 Å². The van der Waals surface area contributed by atoms with Crippen LogP contribution in [0, 0.1) is 0 Å². The lowest BCUT2D eigenvalue weighted by atomic mass is 10.3. The van der Waals surface area contributed by atoms with Gasteiger partial charge in [-0.3, -0.25) is 9.78 Å². The Morgan fingerprint density at radius 1 is 1.00 bits per heavy atom. The van der Waals surface area contributed by atoms with Gasteiger partial charge in [0.1, 0.15) is 11.4 Å². The Hall–Kier alpha value is -3.48. The molecule has 0 spiro atoms. The van der Waals surface area contributed by atoms with Crippen LogP contribution in [0.1, 0.15) is 10.5 Å². The molecule has 2 heterocycles. The Balaban J connectivity index is 1.75. The molecule has 0 aliphatic carbocycles. The minimum absolute atomic E-state index is 0.0746. The summed E-state index contributed by atoms with van der Waals surface area (Å²) in [6, 6.07) is 11.3. The molecule has 3 rings (SSSR count). The van der Waals surface area contributed by atoms with Crippen LogP contribution in [-0.4, -0.2) is 26.0 Å². The maximum Gasteiger partial charge on any atom is 0.274 e. The first-order valence-corrected chi connectivity index (χ1v) is 6.81. The van der Waals surface area contributed by atoms with E-state index in [0.717, 1.165) is 5.69 Å². The second kappa shape index (κ2) is 6.52. The van der Waals surface area contributed by atoms with Gasteiger partial charge in [-0.1, -0.05) is 6.07 Å². The normalized spacial score (nSPS) is 10.1. The van der Waals surface area contributed by atoms with E-state index in [-0.39, 0.29) is 11.4 Å². The number of hydrogen-bond donors (Lipinski definition) is 3. The summed E-state index contributed by atoms with van der Waals surface area (Å²) in [5.41, 5.74) is 1.46. The Morgan fingerprint density at radius 2 is 1.83 bits per heavy atom. The van der Waals surface area contributed by atoms with Crippen LogP contribution in [0.5, 0.6) is 5.75 Å². The zero-order valence-corrected chi connectivity index (χ0v) is 12.0. The third-order valence-corrected chi connectivity index (χ3v) is 2.93. The Labute approximate surface area is 132 Å². The first-order valence-electron chi connectivity index (χ1n) is 6.81. The van der Waals surface area contributed by atoms with Gasteiger partial charge in [-0.2, -0.15) is 0 Å². The van der Waals surface area contributed by atoms with E-state index in [1.165, 1.54) is 24.4 Å². The van der Waals surface area contributed by atoms with Gasteiger partial charge in [0, 0.05) is 36.0 Å². The summed E-state index contributed by atoms with van der Waals surface area (Å²) in [6.45, 7) is 0. The number of phenols is 1. The van der Waals surface area contributed by atoms with Crippen LogP contribution in [-0.2, 0) is 0 Å². The number of hydrogen-bond acceptors (Lipinski definition) is 6. The number of carbonyl (C=O) groups is 1. The second-order valence-corrected chi connectivity index (χ2v) is 4.63. The molecule has 0 saturated heterocycles. The fourth-order valence-electron chi connectivity index (χ4n) is 1.89. The molecule has 7 nitrogen and oxygen atoms in total. The van der Waals surface area contributed by atoms with Crippen molar-refractivity contribution in [3.63, 3.8) is 0 Å². The number of anilines is 3. The van der Waals surface area contributed by atoms with Gasteiger partial charge in [0.05, 0.1) is 0 Å². The quantitative estimate of drug-likeness (QED) is 0.685. The summed E-state index contributed by atoms with van der Waals surface area (Å²) in [6.07, 6.45) is 4.77. The van der Waals surface area contributed by atoms with Crippen LogP contribution in [0.4, 0.5) is 17.3 Å². The Morgan fingerprint density at radius 3 is 2.61 bits per heavy atom. The molecule has 0 unspecified atom stereocenters. The molecule has 23 heavy (non-hydrogen) atoms. The van der Waals surface area contributed by atoms with Gasteiger partial charge < -0.3 is 15.7 Å². The lowest BCUT2D eigenvalue weighted by molar-refractivity contribution is 0.102. The molecule has 0 radical (unpaired) electrons. The van der Waals surface area contributed by atoms with E-state index < -0.39 is 5.91 Å². The van der Waals surface area contributed by atoms with E-state index in [9.17, 15) is 9.90 Å². The number of rotatable bonds is 4. The van der Waals surface area contributed by atoms with E-state index in [2.05, 4.69) is 25.6 Å². The van der Waals surface area contributed by atoms with E-state index >= 15 is 0 Å². The fourth-order valence-corrected chi connectivity index (χ4v) is 1.89. The molecule has 3 aromatic rings. The summed E-state index contributed by atoms with van der Waals surface area (Å²) in [7, 11) is 0. The predicted octanol–water partition coefficient (Wildman–Crippen LogP) is 2.57. The third kappa shape index (κ3) is 3.79. The van der Waals surface area contributed by atoms with Crippen molar-refractivity contribution in [3.05, 3.63) is 66.7 Å². The van der Waals surface area contributed by atoms with Gasteiger partial charge >= 0.3 is 0 Å². The molecular formula is C16H13N5O2. The number of nitrogens with zero attached hydrogens (tertiary/aromatic N) is 3. The average Bonchev–Trinajstić information content (AvgIpc) is 2.56. The average molecular weight is 307 g/mol. The molecule has 0 aliphatic heterocycles. The van der Waals surface area contributed by atoms with Crippen molar-refractivity contribution in [3.8, 4) is 5.75 Å². The summed E-state index contributed by atoms with van der Waals surface area (Å²) < 4.78 is 0. The number of carbonyl (C=O) groups excluding carboxylic acids is 1. The van der Waals surface area contributed by atoms with E-state index in [1.54, 1.807) is 36.7 Å². The molecule has 3 N–H and O–H groups in total. The monoisotopic (exact) mass is 307 g/mol. The van der Waals surface area contributed by atoms with Crippen LogP contribution < -0.4 is 10.6 Å². The van der Waals surface area contributed by atoms with Crippen molar-refractivity contribution < 1.29 is 9.90 Å². The minimum atomic E-state index is -0.393. The molecule has 1 aromatic carbocycles. The largest absolute Gasteiger partial charge is 0.508 e. The van der Waals surface area contributed by atoms with Crippen molar-refractivity contribution in [1.82, 2.24) is 15.0 Å². The zero-order valence-electron chi connectivity index (χ0n) is 12.0. The molecule has 0 atom stereocenters. The summed E-state index contributed by atoms with van der Waals surface area (Å²) in [4.78, 5) is 24.4. The number of aromatic hydroxyl groups is 1. The predicted molar refractivity (Wildman–Crippen MR) is 85.6 cm³/mol. The second-order valence-electron chi connectivity index (χ2n) is 4.63. The molecule has 0 bridgehead atoms. The van der Waals surface area contributed by atoms with E-state index in [0.29, 0.717) is 11.6 Å². The summed E-state index contributed by atoms with van der Waals surface area (Å²) in [5.74, 6) is -0.0129. The summed E-state index contributed by atoms with van der Waals surface area (Å²) >= 11 is 0. The van der Waals surface area contributed by atoms with E-state index in [1.807, 2.05) is 0 Å². The standard InChI is InChI=1S/C16H13N5O2/c22-13-3-1-2-12(10-13)19-15(23)14-6-9-18-16(21-14)20-11-4-7-17-8-5-11/h1-10,22H,(H,19,23)(H,17,18,20,21). The molecule has 7 heteroatoms. The number of pyridine rings is 1. The number of nitrogens with one attached hydrogen (secondary N) is 2. The Kier molecular flexibility index (Phi) is 4.10. The molecule has 114 valence electrons. The maximum atomic E-state index is 12.2. The maximum absolute atomic E-state index is 12.2. The lowest BCUT2D eigenvalue weighted by Crippen LogP contribution is -2.14. The van der Waals surface area contributed by atoms with Crippen molar-refractivity contribution in [1.29, 1.82) is 0 Å². The first kappa shape index (κ1) is 14.5. The molecule has 0 saturated carbocycles.